The first-order valence-electron chi connectivity index (χ1n) is 6.33. The van der Waals surface area contributed by atoms with Crippen molar-refractivity contribution >= 4 is 5.78 Å². The molecular weight excluding hydrogens is 236 g/mol. The number of aryl methyl sites for hydroxylation is 2. The molecule has 0 saturated heterocycles. The molecule has 0 aromatic heterocycles. The second-order valence-corrected chi connectivity index (χ2v) is 4.65. The number of ether oxygens (including phenoxy) is 1. The van der Waals surface area contributed by atoms with Gasteiger partial charge in [-0.15, -0.1) is 0 Å². The molecule has 2 rings (SSSR count). The molecule has 98 valence electrons. The second kappa shape index (κ2) is 5.81. The Balaban J connectivity index is 2.41. The van der Waals surface area contributed by atoms with Gasteiger partial charge in [-0.25, -0.2) is 0 Å². The Morgan fingerprint density at radius 2 is 1.53 bits per heavy atom. The van der Waals surface area contributed by atoms with Gasteiger partial charge in [-0.05, 0) is 30.5 Å². The van der Waals surface area contributed by atoms with Crippen molar-refractivity contribution < 1.29 is 9.53 Å². The Hall–Kier alpha value is -1.93. The Morgan fingerprint density at radius 3 is 2.11 bits per heavy atom. The molecule has 2 nitrogen and oxygen atoms in total. The van der Waals surface area contributed by atoms with E-state index in [0.29, 0.717) is 0 Å². The average Bonchev–Trinajstić information content (AvgIpc) is 2.42. The SMILES string of the molecule is COC(C(=O)c1ccccc1C)c1ccccc1C. The lowest BCUT2D eigenvalue weighted by Gasteiger charge is -2.17. The summed E-state index contributed by atoms with van der Waals surface area (Å²) in [6.07, 6.45) is -0.540. The van der Waals surface area contributed by atoms with E-state index in [4.69, 9.17) is 4.74 Å². The first-order valence-corrected chi connectivity index (χ1v) is 6.33. The number of ketones is 1. The van der Waals surface area contributed by atoms with Crippen LogP contribution in [-0.2, 0) is 4.74 Å². The van der Waals surface area contributed by atoms with Crippen LogP contribution in [0.2, 0.25) is 0 Å². The van der Waals surface area contributed by atoms with Gasteiger partial charge in [-0.1, -0.05) is 48.5 Å². The molecule has 0 amide bonds. The van der Waals surface area contributed by atoms with Crippen molar-refractivity contribution in [3.63, 3.8) is 0 Å². The zero-order chi connectivity index (χ0) is 13.8. The lowest BCUT2D eigenvalue weighted by Crippen LogP contribution is -2.17. The third-order valence-electron chi connectivity index (χ3n) is 3.36. The summed E-state index contributed by atoms with van der Waals surface area (Å²) in [5.41, 5.74) is 3.69. The highest BCUT2D eigenvalue weighted by atomic mass is 16.5. The van der Waals surface area contributed by atoms with Crippen LogP contribution in [0.25, 0.3) is 0 Å². The van der Waals surface area contributed by atoms with E-state index in [0.717, 1.165) is 22.3 Å². The number of hydrogen-bond acceptors (Lipinski definition) is 2. The quantitative estimate of drug-likeness (QED) is 0.774. The van der Waals surface area contributed by atoms with Crippen molar-refractivity contribution in [2.24, 2.45) is 0 Å². The van der Waals surface area contributed by atoms with Gasteiger partial charge in [0.2, 0.25) is 0 Å². The summed E-state index contributed by atoms with van der Waals surface area (Å²) in [6.45, 7) is 3.93. The van der Waals surface area contributed by atoms with Gasteiger partial charge >= 0.3 is 0 Å². The Bertz CT molecular complexity index is 587. The summed E-state index contributed by atoms with van der Waals surface area (Å²) in [4.78, 5) is 12.6. The van der Waals surface area contributed by atoms with Crippen LogP contribution in [0.4, 0.5) is 0 Å². The predicted octanol–water partition coefficient (Wildman–Crippen LogP) is 3.87. The fourth-order valence-corrected chi connectivity index (χ4v) is 2.25. The lowest BCUT2D eigenvalue weighted by atomic mass is 9.94. The summed E-state index contributed by atoms with van der Waals surface area (Å²) in [6, 6.07) is 15.4. The van der Waals surface area contributed by atoms with Crippen molar-refractivity contribution in [2.45, 2.75) is 20.0 Å². The topological polar surface area (TPSA) is 26.3 Å². The van der Waals surface area contributed by atoms with Gasteiger partial charge in [-0.2, -0.15) is 0 Å². The summed E-state index contributed by atoms with van der Waals surface area (Å²) >= 11 is 0. The van der Waals surface area contributed by atoms with E-state index in [2.05, 4.69) is 0 Å². The van der Waals surface area contributed by atoms with Crippen LogP contribution in [0, 0.1) is 13.8 Å². The molecule has 0 aliphatic carbocycles. The van der Waals surface area contributed by atoms with E-state index in [-0.39, 0.29) is 5.78 Å². The van der Waals surface area contributed by atoms with Gasteiger partial charge in [0.1, 0.15) is 6.10 Å². The fraction of sp³-hybridized carbons (Fsp3) is 0.235. The number of hydrogen-bond donors (Lipinski definition) is 0. The minimum absolute atomic E-state index is 0.00917. The van der Waals surface area contributed by atoms with E-state index >= 15 is 0 Å². The first kappa shape index (κ1) is 13.5. The van der Waals surface area contributed by atoms with Crippen molar-refractivity contribution in [3.05, 3.63) is 70.8 Å². The van der Waals surface area contributed by atoms with Crippen LogP contribution in [0.1, 0.15) is 33.2 Å². The molecule has 0 spiro atoms. The fourth-order valence-electron chi connectivity index (χ4n) is 2.25. The average molecular weight is 254 g/mol. The van der Waals surface area contributed by atoms with E-state index in [1.54, 1.807) is 7.11 Å². The highest BCUT2D eigenvalue weighted by Crippen LogP contribution is 2.25. The van der Waals surface area contributed by atoms with Crippen LogP contribution < -0.4 is 0 Å². The van der Waals surface area contributed by atoms with Gasteiger partial charge in [0, 0.05) is 12.7 Å². The summed E-state index contributed by atoms with van der Waals surface area (Å²) in [7, 11) is 1.58. The minimum Gasteiger partial charge on any atom is -0.369 e. The van der Waals surface area contributed by atoms with Crippen molar-refractivity contribution in [1.29, 1.82) is 0 Å². The maximum Gasteiger partial charge on any atom is 0.196 e. The lowest BCUT2D eigenvalue weighted by molar-refractivity contribution is 0.0602. The third kappa shape index (κ3) is 2.74. The minimum atomic E-state index is -0.540. The van der Waals surface area contributed by atoms with Crippen LogP contribution >= 0.6 is 0 Å². The van der Waals surface area contributed by atoms with Crippen LogP contribution in [0.15, 0.2) is 48.5 Å². The van der Waals surface area contributed by atoms with Crippen molar-refractivity contribution in [2.75, 3.05) is 7.11 Å². The Kier molecular flexibility index (Phi) is 4.13. The standard InChI is InChI=1S/C17H18O2/c1-12-8-4-6-10-14(12)16(18)17(19-3)15-11-7-5-9-13(15)2/h4-11,17H,1-3H3. The third-order valence-corrected chi connectivity index (χ3v) is 3.36. The molecule has 0 heterocycles. The highest BCUT2D eigenvalue weighted by Gasteiger charge is 2.23. The van der Waals surface area contributed by atoms with E-state index in [1.807, 2.05) is 62.4 Å². The second-order valence-electron chi connectivity index (χ2n) is 4.65. The molecule has 2 aromatic rings. The molecule has 19 heavy (non-hydrogen) atoms. The number of carbonyl (C=O) groups is 1. The summed E-state index contributed by atoms with van der Waals surface area (Å²) in [5.74, 6) is 0.00917. The molecule has 0 aliphatic rings. The maximum atomic E-state index is 12.6. The van der Waals surface area contributed by atoms with Gasteiger partial charge in [-0.3, -0.25) is 4.79 Å². The molecular formula is C17H18O2. The van der Waals surface area contributed by atoms with Crippen LogP contribution in [0.3, 0.4) is 0 Å². The smallest absolute Gasteiger partial charge is 0.196 e. The molecule has 2 heteroatoms. The van der Waals surface area contributed by atoms with Gasteiger partial charge < -0.3 is 4.74 Å². The van der Waals surface area contributed by atoms with E-state index in [1.165, 1.54) is 0 Å². The zero-order valence-electron chi connectivity index (χ0n) is 11.5. The summed E-state index contributed by atoms with van der Waals surface area (Å²) in [5, 5.41) is 0. The van der Waals surface area contributed by atoms with Crippen molar-refractivity contribution in [1.82, 2.24) is 0 Å². The molecule has 1 atom stereocenters. The number of Topliss-reactive ketones (excluding diaryl/α,β-unsaturated/α-hetero) is 1. The van der Waals surface area contributed by atoms with Gasteiger partial charge in [0.05, 0.1) is 0 Å². The zero-order valence-corrected chi connectivity index (χ0v) is 11.5. The number of carbonyl (C=O) groups excluding carboxylic acids is 1. The highest BCUT2D eigenvalue weighted by molar-refractivity contribution is 6.01. The molecule has 0 saturated carbocycles. The molecule has 0 radical (unpaired) electrons. The monoisotopic (exact) mass is 254 g/mol. The Morgan fingerprint density at radius 1 is 0.947 bits per heavy atom. The van der Waals surface area contributed by atoms with Crippen LogP contribution in [-0.4, -0.2) is 12.9 Å². The normalized spacial score (nSPS) is 12.2. The maximum absolute atomic E-state index is 12.6. The number of methoxy groups -OCH3 is 1. The molecule has 0 bridgehead atoms. The number of benzene rings is 2. The Labute approximate surface area is 114 Å². The van der Waals surface area contributed by atoms with Gasteiger partial charge in [0.25, 0.3) is 0 Å². The molecule has 1 unspecified atom stereocenters. The largest absolute Gasteiger partial charge is 0.369 e. The summed E-state index contributed by atoms with van der Waals surface area (Å²) < 4.78 is 5.44. The molecule has 0 fully saturated rings. The molecule has 2 aromatic carbocycles. The van der Waals surface area contributed by atoms with Crippen LogP contribution in [0.5, 0.6) is 0 Å². The van der Waals surface area contributed by atoms with E-state index < -0.39 is 6.10 Å². The van der Waals surface area contributed by atoms with Crippen molar-refractivity contribution in [3.8, 4) is 0 Å². The molecule has 0 aliphatic heterocycles. The van der Waals surface area contributed by atoms with E-state index in [9.17, 15) is 4.79 Å². The van der Waals surface area contributed by atoms with Gasteiger partial charge in [0.15, 0.2) is 5.78 Å². The predicted molar refractivity (Wildman–Crippen MR) is 76.4 cm³/mol. The molecule has 0 N–H and O–H groups in total. The first-order chi connectivity index (χ1) is 9.15. The number of rotatable bonds is 4.